The zero-order valence-corrected chi connectivity index (χ0v) is 17.7. The van der Waals surface area contributed by atoms with Crippen molar-refractivity contribution < 1.29 is 19.1 Å². The van der Waals surface area contributed by atoms with Crippen molar-refractivity contribution in [3.05, 3.63) is 58.6 Å². The van der Waals surface area contributed by atoms with Crippen LogP contribution in [0.4, 0.5) is 20.9 Å². The molecule has 9 nitrogen and oxygen atoms in total. The Hall–Kier alpha value is -3.57. The second-order valence-electron chi connectivity index (χ2n) is 7.42. The molecule has 1 aromatic carbocycles. The molecular formula is C22H23FN6O3S. The number of piperazine rings is 1. The highest BCUT2D eigenvalue weighted by atomic mass is 32.1. The molecule has 0 unspecified atom stereocenters. The van der Waals surface area contributed by atoms with Crippen LogP contribution in [0.1, 0.15) is 33.8 Å². The van der Waals surface area contributed by atoms with Gasteiger partial charge in [-0.3, -0.25) is 19.5 Å². The molecule has 0 radical (unpaired) electrons. The molecule has 5 rings (SSSR count). The van der Waals surface area contributed by atoms with E-state index in [1.165, 1.54) is 17.0 Å². The minimum Gasteiger partial charge on any atom is -0.505 e. The van der Waals surface area contributed by atoms with E-state index in [9.17, 15) is 19.1 Å². The van der Waals surface area contributed by atoms with Crippen LogP contribution >= 0.6 is 11.3 Å². The molecule has 33 heavy (non-hydrogen) atoms. The molecule has 0 saturated carbocycles. The summed E-state index contributed by atoms with van der Waals surface area (Å²) in [6, 6.07) is 4.58. The lowest BCUT2D eigenvalue weighted by atomic mass is 10.1. The lowest BCUT2D eigenvalue weighted by Gasteiger charge is -2.30. The molecule has 172 valence electrons. The van der Waals surface area contributed by atoms with Gasteiger partial charge in [-0.25, -0.2) is 9.37 Å². The maximum absolute atomic E-state index is 14.2. The highest BCUT2D eigenvalue weighted by Crippen LogP contribution is 2.34. The zero-order chi connectivity index (χ0) is 22.2. The molecule has 0 atom stereocenters. The van der Waals surface area contributed by atoms with Crippen molar-refractivity contribution in [3.8, 4) is 5.75 Å². The van der Waals surface area contributed by atoms with Crippen molar-refractivity contribution in [2.45, 2.75) is 14.0 Å². The largest absolute Gasteiger partial charge is 0.505 e. The van der Waals surface area contributed by atoms with Gasteiger partial charge in [-0.15, -0.1) is 11.3 Å². The molecule has 3 N–H and O–H groups in total. The predicted molar refractivity (Wildman–Crippen MR) is 125 cm³/mol. The summed E-state index contributed by atoms with van der Waals surface area (Å²) in [7, 11) is 0. The number of halogens is 1. The number of carbonyl (C=O) groups is 2. The quantitative estimate of drug-likeness (QED) is 0.538. The number of nitrogens with one attached hydrogen (secondary N) is 2. The van der Waals surface area contributed by atoms with Crippen LogP contribution in [0.3, 0.4) is 0 Å². The molecular weight excluding hydrogens is 447 g/mol. The van der Waals surface area contributed by atoms with Gasteiger partial charge in [0.15, 0.2) is 16.7 Å². The van der Waals surface area contributed by atoms with E-state index in [0.717, 1.165) is 43.2 Å². The van der Waals surface area contributed by atoms with Crippen molar-refractivity contribution >= 4 is 39.7 Å². The van der Waals surface area contributed by atoms with Crippen LogP contribution < -0.4 is 20.4 Å². The van der Waals surface area contributed by atoms with Gasteiger partial charge in [0, 0.05) is 37.8 Å². The van der Waals surface area contributed by atoms with Gasteiger partial charge in [0.2, 0.25) is 0 Å². The Morgan fingerprint density at radius 1 is 1.24 bits per heavy atom. The monoisotopic (exact) mass is 470 g/mol. The van der Waals surface area contributed by atoms with E-state index in [1.54, 1.807) is 17.8 Å². The molecule has 4 heterocycles. The number of anilines is 3. The van der Waals surface area contributed by atoms with E-state index in [4.69, 9.17) is 0 Å². The van der Waals surface area contributed by atoms with Crippen LogP contribution in [0, 0.1) is 5.82 Å². The van der Waals surface area contributed by atoms with Crippen LogP contribution in [-0.4, -0.2) is 53.1 Å². The van der Waals surface area contributed by atoms with Crippen LogP contribution in [0.15, 0.2) is 36.0 Å². The normalized spacial score (nSPS) is 15.2. The van der Waals surface area contributed by atoms with Gasteiger partial charge in [-0.05, 0) is 17.7 Å². The Morgan fingerprint density at radius 3 is 2.82 bits per heavy atom. The number of amides is 2. The fraction of sp³-hybridized carbons (Fsp3) is 0.273. The summed E-state index contributed by atoms with van der Waals surface area (Å²) >= 11 is 1.12. The fourth-order valence-corrected chi connectivity index (χ4v) is 4.65. The molecule has 11 heteroatoms. The van der Waals surface area contributed by atoms with Crippen molar-refractivity contribution in [3.63, 3.8) is 0 Å². The summed E-state index contributed by atoms with van der Waals surface area (Å²) in [5.41, 5.74) is 1.90. The standard InChI is InChI=1S/C21H19FN6O3S.CH4/c22-18-16(29)2-1-12-10-28(20(31)17(12)18)21-26-14(11-32-21)19(30)25-13-9-24-4-3-15(13)27-7-5-23-6-8-27;/h1-4,9,11,23,29H,5-8,10H2,(H,25,30);1H4. The number of thiazole rings is 1. The molecule has 2 aliphatic rings. The first-order valence-corrected chi connectivity index (χ1v) is 10.9. The maximum atomic E-state index is 14.2. The molecule has 2 aliphatic heterocycles. The molecule has 0 spiro atoms. The van der Waals surface area contributed by atoms with Crippen LogP contribution in [-0.2, 0) is 6.54 Å². The Balaban J connectivity index is 0.00000259. The third-order valence-corrected chi connectivity index (χ3v) is 6.32. The van der Waals surface area contributed by atoms with Crippen LogP contribution in [0.2, 0.25) is 0 Å². The maximum Gasteiger partial charge on any atom is 0.275 e. The number of carbonyl (C=O) groups excluding carboxylic acids is 2. The number of phenolic OH excluding ortho intramolecular Hbond substituents is 1. The minimum absolute atomic E-state index is 0. The number of aromatic nitrogens is 2. The molecule has 0 bridgehead atoms. The van der Waals surface area contributed by atoms with Crippen molar-refractivity contribution in [2.24, 2.45) is 0 Å². The Labute approximate surface area is 193 Å². The smallest absolute Gasteiger partial charge is 0.275 e. The van der Waals surface area contributed by atoms with E-state index >= 15 is 0 Å². The molecule has 2 aromatic heterocycles. The first kappa shape index (κ1) is 22.6. The van der Waals surface area contributed by atoms with E-state index in [1.807, 2.05) is 6.07 Å². The zero-order valence-electron chi connectivity index (χ0n) is 16.8. The van der Waals surface area contributed by atoms with Crippen LogP contribution in [0.25, 0.3) is 0 Å². The van der Waals surface area contributed by atoms with Gasteiger partial charge >= 0.3 is 0 Å². The summed E-state index contributed by atoms with van der Waals surface area (Å²) < 4.78 is 14.2. The Bertz CT molecular complexity index is 1210. The van der Waals surface area contributed by atoms with Gasteiger partial charge in [0.25, 0.3) is 11.8 Å². The molecule has 3 aromatic rings. The summed E-state index contributed by atoms with van der Waals surface area (Å²) in [5.74, 6) is -2.54. The van der Waals surface area contributed by atoms with E-state index < -0.39 is 23.4 Å². The average molecular weight is 471 g/mol. The number of pyridine rings is 1. The van der Waals surface area contributed by atoms with Gasteiger partial charge in [0.1, 0.15) is 5.69 Å². The second-order valence-corrected chi connectivity index (χ2v) is 8.26. The summed E-state index contributed by atoms with van der Waals surface area (Å²) in [6.45, 7) is 3.47. The summed E-state index contributed by atoms with van der Waals surface area (Å²) in [5, 5.41) is 17.6. The number of fused-ring (bicyclic) bond motifs is 1. The predicted octanol–water partition coefficient (Wildman–Crippen LogP) is 2.84. The highest BCUT2D eigenvalue weighted by molar-refractivity contribution is 7.14. The number of aromatic hydroxyl groups is 1. The fourth-order valence-electron chi connectivity index (χ4n) is 3.84. The summed E-state index contributed by atoms with van der Waals surface area (Å²) in [4.78, 5) is 37.4. The van der Waals surface area contributed by atoms with Gasteiger partial charge in [-0.2, -0.15) is 0 Å². The summed E-state index contributed by atoms with van der Waals surface area (Å²) in [6.07, 6.45) is 3.28. The van der Waals surface area contributed by atoms with Crippen molar-refractivity contribution in [2.75, 3.05) is 41.3 Å². The number of hydrogen-bond donors (Lipinski definition) is 3. The number of phenols is 1. The number of nitrogens with zero attached hydrogens (tertiary/aromatic N) is 4. The molecule has 1 fully saturated rings. The van der Waals surface area contributed by atoms with Gasteiger partial charge in [0.05, 0.1) is 29.7 Å². The highest BCUT2D eigenvalue weighted by Gasteiger charge is 2.34. The Morgan fingerprint density at radius 2 is 2.03 bits per heavy atom. The van der Waals surface area contributed by atoms with Crippen molar-refractivity contribution in [1.29, 1.82) is 0 Å². The van der Waals surface area contributed by atoms with E-state index in [2.05, 4.69) is 25.5 Å². The number of hydrogen-bond acceptors (Lipinski definition) is 8. The molecule has 1 saturated heterocycles. The van der Waals surface area contributed by atoms with Crippen molar-refractivity contribution in [1.82, 2.24) is 15.3 Å². The third-order valence-electron chi connectivity index (χ3n) is 5.45. The van der Waals surface area contributed by atoms with Crippen LogP contribution in [0.5, 0.6) is 5.75 Å². The first-order valence-electron chi connectivity index (χ1n) is 10.0. The number of rotatable bonds is 4. The lowest BCUT2D eigenvalue weighted by molar-refractivity contribution is 0.0988. The SMILES string of the molecule is C.O=C(Nc1cnccc1N1CCNCC1)c1csc(N2Cc3ccc(O)c(F)c3C2=O)n1. The second kappa shape index (κ2) is 9.12. The Kier molecular flexibility index (Phi) is 6.25. The number of benzene rings is 1. The first-order chi connectivity index (χ1) is 15.5. The molecule has 0 aliphatic carbocycles. The topological polar surface area (TPSA) is 111 Å². The average Bonchev–Trinajstić information content (AvgIpc) is 3.42. The lowest BCUT2D eigenvalue weighted by Crippen LogP contribution is -2.43. The van der Waals surface area contributed by atoms with E-state index in [-0.39, 0.29) is 30.4 Å². The molecule has 2 amide bonds. The minimum atomic E-state index is -0.943. The van der Waals surface area contributed by atoms with E-state index in [0.29, 0.717) is 11.3 Å². The van der Waals surface area contributed by atoms with Gasteiger partial charge in [-0.1, -0.05) is 13.5 Å². The third kappa shape index (κ3) is 4.12. The van der Waals surface area contributed by atoms with Gasteiger partial charge < -0.3 is 20.6 Å².